The molecule has 0 saturated heterocycles. The van der Waals surface area contributed by atoms with Crippen LogP contribution in [0.15, 0.2) is 42.3 Å². The highest BCUT2D eigenvalue weighted by Crippen LogP contribution is 2.34. The van der Waals surface area contributed by atoms with Crippen molar-refractivity contribution in [3.63, 3.8) is 0 Å². The zero-order chi connectivity index (χ0) is 18.6. The smallest absolute Gasteiger partial charge is 0.194 e. The number of halogens is 4. The van der Waals surface area contributed by atoms with Gasteiger partial charge in [0, 0.05) is 5.57 Å². The average molecular weight is 352 g/mol. The summed E-state index contributed by atoms with van der Waals surface area (Å²) in [6, 6.07) is 1.64. The number of allylic oxidation sites excluding steroid dienone is 5. The van der Waals surface area contributed by atoms with Crippen LogP contribution in [-0.2, 0) is 0 Å². The van der Waals surface area contributed by atoms with Crippen LogP contribution in [0.25, 0.3) is 5.57 Å². The fourth-order valence-electron chi connectivity index (χ4n) is 3.20. The van der Waals surface area contributed by atoms with Gasteiger partial charge in [-0.1, -0.05) is 51.0 Å². The lowest BCUT2D eigenvalue weighted by atomic mass is 9.79. The SMILES string of the molecule is C=C(/C=C\C(=C(\F)CC)c1cc(F)c(F)c(F)c1)C1CCC(C)CC1. The van der Waals surface area contributed by atoms with Crippen molar-refractivity contribution < 1.29 is 17.6 Å². The topological polar surface area (TPSA) is 0 Å². The van der Waals surface area contributed by atoms with Gasteiger partial charge in [-0.15, -0.1) is 0 Å². The molecule has 0 atom stereocenters. The molecule has 4 heteroatoms. The second-order valence-electron chi connectivity index (χ2n) is 6.79. The van der Waals surface area contributed by atoms with Gasteiger partial charge in [0.25, 0.3) is 0 Å². The molecule has 2 rings (SSSR count). The Labute approximate surface area is 146 Å². The highest BCUT2D eigenvalue weighted by atomic mass is 19.2. The molecule has 1 aliphatic carbocycles. The second-order valence-corrected chi connectivity index (χ2v) is 6.79. The largest absolute Gasteiger partial charge is 0.211 e. The van der Waals surface area contributed by atoms with Crippen molar-refractivity contribution in [2.24, 2.45) is 11.8 Å². The zero-order valence-corrected chi connectivity index (χ0v) is 14.7. The van der Waals surface area contributed by atoms with Crippen LogP contribution in [-0.4, -0.2) is 0 Å². The first-order valence-corrected chi connectivity index (χ1v) is 8.73. The van der Waals surface area contributed by atoms with E-state index in [9.17, 15) is 17.6 Å². The molecule has 0 bridgehead atoms. The number of hydrogen-bond donors (Lipinski definition) is 0. The van der Waals surface area contributed by atoms with Crippen molar-refractivity contribution in [3.8, 4) is 0 Å². The second kappa shape index (κ2) is 8.50. The highest BCUT2D eigenvalue weighted by molar-refractivity contribution is 5.76. The Hall–Kier alpha value is -1.84. The van der Waals surface area contributed by atoms with Crippen LogP contribution < -0.4 is 0 Å². The summed E-state index contributed by atoms with van der Waals surface area (Å²) in [5.74, 6) is -3.66. The minimum Gasteiger partial charge on any atom is -0.211 e. The molecular formula is C21H24F4. The quantitative estimate of drug-likeness (QED) is 0.300. The predicted molar refractivity (Wildman–Crippen MR) is 94.0 cm³/mol. The van der Waals surface area contributed by atoms with Gasteiger partial charge in [0.2, 0.25) is 0 Å². The van der Waals surface area contributed by atoms with Gasteiger partial charge in [-0.25, -0.2) is 17.6 Å². The number of hydrogen-bond acceptors (Lipinski definition) is 0. The molecule has 0 aliphatic heterocycles. The fraction of sp³-hybridized carbons (Fsp3) is 0.429. The van der Waals surface area contributed by atoms with Gasteiger partial charge in [-0.3, -0.25) is 0 Å². The minimum atomic E-state index is -1.55. The molecule has 1 aromatic carbocycles. The van der Waals surface area contributed by atoms with Gasteiger partial charge in [-0.2, -0.15) is 0 Å². The van der Waals surface area contributed by atoms with E-state index < -0.39 is 23.3 Å². The Morgan fingerprint density at radius 2 is 1.64 bits per heavy atom. The van der Waals surface area contributed by atoms with Gasteiger partial charge in [-0.05, 0) is 48.8 Å². The number of benzene rings is 1. The van der Waals surface area contributed by atoms with Crippen molar-refractivity contribution in [1.82, 2.24) is 0 Å². The summed E-state index contributed by atoms with van der Waals surface area (Å²) >= 11 is 0. The van der Waals surface area contributed by atoms with Crippen molar-refractivity contribution in [2.45, 2.75) is 46.0 Å². The summed E-state index contributed by atoms with van der Waals surface area (Å²) in [5.41, 5.74) is 0.930. The molecule has 0 spiro atoms. The minimum absolute atomic E-state index is 0.0166. The van der Waals surface area contributed by atoms with E-state index in [1.807, 2.05) is 0 Å². The predicted octanol–water partition coefficient (Wildman–Crippen LogP) is 7.13. The molecule has 1 saturated carbocycles. The van der Waals surface area contributed by atoms with Gasteiger partial charge in [0.1, 0.15) is 5.83 Å². The van der Waals surface area contributed by atoms with Gasteiger partial charge in [0.15, 0.2) is 17.5 Å². The van der Waals surface area contributed by atoms with E-state index in [0.29, 0.717) is 11.8 Å². The van der Waals surface area contributed by atoms with E-state index in [1.54, 1.807) is 13.0 Å². The molecule has 1 aliphatic rings. The van der Waals surface area contributed by atoms with Crippen molar-refractivity contribution in [2.75, 3.05) is 0 Å². The molecule has 1 aromatic rings. The number of rotatable bonds is 5. The van der Waals surface area contributed by atoms with E-state index in [4.69, 9.17) is 0 Å². The fourth-order valence-corrected chi connectivity index (χ4v) is 3.20. The van der Waals surface area contributed by atoms with Gasteiger partial charge < -0.3 is 0 Å². The lowest BCUT2D eigenvalue weighted by Gasteiger charge is -2.26. The molecule has 25 heavy (non-hydrogen) atoms. The molecule has 0 heterocycles. The van der Waals surface area contributed by atoms with Crippen LogP contribution in [0.2, 0.25) is 0 Å². The third kappa shape index (κ3) is 4.83. The van der Waals surface area contributed by atoms with Crippen LogP contribution in [0.5, 0.6) is 0 Å². The van der Waals surface area contributed by atoms with E-state index in [0.717, 1.165) is 43.4 Å². The van der Waals surface area contributed by atoms with Crippen molar-refractivity contribution in [1.29, 1.82) is 0 Å². The monoisotopic (exact) mass is 352 g/mol. The van der Waals surface area contributed by atoms with E-state index in [-0.39, 0.29) is 17.6 Å². The van der Waals surface area contributed by atoms with Crippen LogP contribution in [0, 0.1) is 29.3 Å². The maximum atomic E-state index is 14.3. The Morgan fingerprint density at radius 1 is 1.08 bits per heavy atom. The summed E-state index contributed by atoms with van der Waals surface area (Å²) in [4.78, 5) is 0. The molecule has 0 unspecified atom stereocenters. The first-order valence-electron chi connectivity index (χ1n) is 8.73. The van der Waals surface area contributed by atoms with Crippen LogP contribution in [0.1, 0.15) is 51.5 Å². The maximum absolute atomic E-state index is 14.3. The first-order chi connectivity index (χ1) is 11.8. The van der Waals surface area contributed by atoms with Crippen molar-refractivity contribution >= 4 is 5.57 Å². The Balaban J connectivity index is 2.26. The van der Waals surface area contributed by atoms with Gasteiger partial charge >= 0.3 is 0 Å². The summed E-state index contributed by atoms with van der Waals surface area (Å²) in [5, 5.41) is 0. The summed E-state index contributed by atoms with van der Waals surface area (Å²) in [7, 11) is 0. The first kappa shape index (κ1) is 19.5. The maximum Gasteiger partial charge on any atom is 0.194 e. The Morgan fingerprint density at radius 3 is 2.16 bits per heavy atom. The molecule has 1 fully saturated rings. The Kier molecular flexibility index (Phi) is 6.63. The lowest BCUT2D eigenvalue weighted by Crippen LogP contribution is -2.13. The van der Waals surface area contributed by atoms with Crippen molar-refractivity contribution in [3.05, 3.63) is 65.3 Å². The molecule has 0 aromatic heterocycles. The summed E-state index contributed by atoms with van der Waals surface area (Å²) in [6.45, 7) is 7.90. The van der Waals surface area contributed by atoms with E-state index >= 15 is 0 Å². The molecule has 0 amide bonds. The summed E-state index contributed by atoms with van der Waals surface area (Å²) < 4.78 is 54.4. The molecule has 0 radical (unpaired) electrons. The lowest BCUT2D eigenvalue weighted by molar-refractivity contribution is 0.324. The Bertz CT molecular complexity index is 669. The third-order valence-electron chi connectivity index (χ3n) is 4.90. The molecule has 0 N–H and O–H groups in total. The van der Waals surface area contributed by atoms with Crippen LogP contribution in [0.4, 0.5) is 17.6 Å². The molecule has 136 valence electrons. The average Bonchev–Trinajstić information content (AvgIpc) is 2.59. The van der Waals surface area contributed by atoms with Crippen LogP contribution >= 0.6 is 0 Å². The molecule has 0 nitrogen and oxygen atoms in total. The highest BCUT2D eigenvalue weighted by Gasteiger charge is 2.20. The normalized spacial score (nSPS) is 22.2. The summed E-state index contributed by atoms with van der Waals surface area (Å²) in [6.07, 6.45) is 7.64. The molecular weight excluding hydrogens is 328 g/mol. The standard InChI is InChI=1S/C21H24F4/c1-4-18(22)17(16-11-19(23)21(25)20(24)12-16)10-7-14(3)15-8-5-13(2)6-9-15/h7,10-13,15H,3-6,8-9H2,1-2H3/b10-7-,18-17-. The van der Waals surface area contributed by atoms with E-state index in [2.05, 4.69) is 13.5 Å². The van der Waals surface area contributed by atoms with Crippen LogP contribution in [0.3, 0.4) is 0 Å². The van der Waals surface area contributed by atoms with E-state index in [1.165, 1.54) is 6.08 Å². The zero-order valence-electron chi connectivity index (χ0n) is 14.7. The van der Waals surface area contributed by atoms with Gasteiger partial charge in [0.05, 0.1) is 0 Å². The third-order valence-corrected chi connectivity index (χ3v) is 4.90.